The van der Waals surface area contributed by atoms with Crippen molar-refractivity contribution in [2.45, 2.75) is 41.0 Å². The Morgan fingerprint density at radius 2 is 1.46 bits per heavy atom. The van der Waals surface area contributed by atoms with Gasteiger partial charge in [0.1, 0.15) is 7.05 Å². The Morgan fingerprint density at radius 1 is 0.808 bits per heavy atom. The minimum absolute atomic E-state index is 0.288. The van der Waals surface area contributed by atoms with E-state index in [9.17, 15) is 0 Å². The van der Waals surface area contributed by atoms with Crippen LogP contribution in [0.5, 0.6) is 0 Å². The molecule has 0 aliphatic heterocycles. The van der Waals surface area contributed by atoms with Crippen LogP contribution in [0.4, 0.5) is 0 Å². The predicted octanol–water partition coefficient (Wildman–Crippen LogP) is 6.05. The van der Waals surface area contributed by atoms with Gasteiger partial charge in [0.2, 0.25) is 5.69 Å². The SMILES string of the molecule is Cc1ccc(-c2ccc(C)c(-c3cc(CC(C)(C)C)cc[n+]3C)c2)cc1. The molecule has 0 atom stereocenters. The Bertz CT molecular complexity index is 912. The summed E-state index contributed by atoms with van der Waals surface area (Å²) in [6.45, 7) is 11.2. The lowest BCUT2D eigenvalue weighted by Crippen LogP contribution is -2.31. The molecule has 134 valence electrons. The fourth-order valence-electron chi connectivity index (χ4n) is 3.43. The number of pyridine rings is 1. The molecule has 0 radical (unpaired) electrons. The van der Waals surface area contributed by atoms with Gasteiger partial charge >= 0.3 is 0 Å². The molecule has 1 aromatic heterocycles. The first-order valence-electron chi connectivity index (χ1n) is 9.39. The highest BCUT2D eigenvalue weighted by Crippen LogP contribution is 2.29. The average Bonchev–Trinajstić information content (AvgIpc) is 2.57. The molecule has 0 bridgehead atoms. The third kappa shape index (κ3) is 4.22. The van der Waals surface area contributed by atoms with Crippen molar-refractivity contribution in [1.82, 2.24) is 0 Å². The topological polar surface area (TPSA) is 3.88 Å². The zero-order valence-electron chi connectivity index (χ0n) is 16.9. The summed E-state index contributed by atoms with van der Waals surface area (Å²) in [6.07, 6.45) is 3.27. The monoisotopic (exact) mass is 344 g/mol. The zero-order chi connectivity index (χ0) is 18.9. The van der Waals surface area contributed by atoms with Crippen molar-refractivity contribution >= 4 is 0 Å². The summed E-state index contributed by atoms with van der Waals surface area (Å²) in [6, 6.07) is 20.2. The van der Waals surface area contributed by atoms with Crippen molar-refractivity contribution in [2.75, 3.05) is 0 Å². The van der Waals surface area contributed by atoms with Gasteiger partial charge in [0, 0.05) is 17.7 Å². The van der Waals surface area contributed by atoms with E-state index in [2.05, 4.69) is 107 Å². The number of hydrogen-bond donors (Lipinski definition) is 0. The van der Waals surface area contributed by atoms with Crippen molar-refractivity contribution < 1.29 is 4.57 Å². The Kier molecular flexibility index (Phi) is 5.00. The van der Waals surface area contributed by atoms with Crippen molar-refractivity contribution in [3.63, 3.8) is 0 Å². The molecule has 0 aliphatic carbocycles. The molecule has 0 aliphatic rings. The standard InChI is InChI=1S/C25H30N/c1-18-7-10-21(11-8-18)22-12-9-19(2)23(16-22)24-15-20(13-14-26(24)6)17-25(3,4)5/h7-16H,17H2,1-6H3/q+1. The van der Waals surface area contributed by atoms with Crippen LogP contribution in [0.25, 0.3) is 22.4 Å². The maximum absolute atomic E-state index is 2.35. The van der Waals surface area contributed by atoms with E-state index in [4.69, 9.17) is 0 Å². The number of benzene rings is 2. The van der Waals surface area contributed by atoms with E-state index >= 15 is 0 Å². The summed E-state index contributed by atoms with van der Waals surface area (Å²) in [4.78, 5) is 0. The van der Waals surface area contributed by atoms with E-state index in [1.165, 1.54) is 39.1 Å². The van der Waals surface area contributed by atoms with Crippen LogP contribution in [0.3, 0.4) is 0 Å². The number of aryl methyl sites for hydroxylation is 3. The van der Waals surface area contributed by atoms with Gasteiger partial charge in [0.25, 0.3) is 0 Å². The average molecular weight is 345 g/mol. The first kappa shape index (κ1) is 18.4. The van der Waals surface area contributed by atoms with E-state index < -0.39 is 0 Å². The summed E-state index contributed by atoms with van der Waals surface area (Å²) in [5.74, 6) is 0. The van der Waals surface area contributed by atoms with Gasteiger partial charge < -0.3 is 0 Å². The van der Waals surface area contributed by atoms with Crippen molar-refractivity contribution in [3.8, 4) is 22.4 Å². The highest BCUT2D eigenvalue weighted by atomic mass is 14.9. The molecular formula is C25H30N+. The molecular weight excluding hydrogens is 314 g/mol. The molecule has 3 rings (SSSR count). The van der Waals surface area contributed by atoms with Gasteiger partial charge in [-0.3, -0.25) is 0 Å². The van der Waals surface area contributed by atoms with Gasteiger partial charge in [0.05, 0.1) is 0 Å². The Labute approximate surface area is 158 Å². The summed E-state index contributed by atoms with van der Waals surface area (Å²) < 4.78 is 2.23. The second-order valence-electron chi connectivity index (χ2n) is 8.66. The van der Waals surface area contributed by atoms with Gasteiger partial charge in [-0.1, -0.05) is 62.7 Å². The molecule has 0 amide bonds. The molecule has 1 heterocycles. The van der Waals surface area contributed by atoms with Gasteiger partial charge in [-0.05, 0) is 54.0 Å². The molecule has 0 unspecified atom stereocenters. The maximum atomic E-state index is 2.35. The van der Waals surface area contributed by atoms with Crippen LogP contribution in [-0.4, -0.2) is 0 Å². The van der Waals surface area contributed by atoms with Crippen LogP contribution in [0.1, 0.15) is 37.5 Å². The molecule has 26 heavy (non-hydrogen) atoms. The summed E-state index contributed by atoms with van der Waals surface area (Å²) in [7, 11) is 2.13. The highest BCUT2D eigenvalue weighted by molar-refractivity contribution is 5.73. The Morgan fingerprint density at radius 3 is 2.12 bits per heavy atom. The van der Waals surface area contributed by atoms with Crippen LogP contribution in [0.2, 0.25) is 0 Å². The third-order valence-electron chi connectivity index (χ3n) is 4.85. The number of rotatable bonds is 3. The van der Waals surface area contributed by atoms with Crippen molar-refractivity contribution in [1.29, 1.82) is 0 Å². The minimum atomic E-state index is 0.288. The third-order valence-corrected chi connectivity index (χ3v) is 4.85. The fraction of sp³-hybridized carbons (Fsp3) is 0.320. The largest absolute Gasteiger partial charge is 0.212 e. The van der Waals surface area contributed by atoms with E-state index in [1.807, 2.05) is 0 Å². The molecule has 3 aromatic rings. The second-order valence-corrected chi connectivity index (χ2v) is 8.66. The Hall–Kier alpha value is -2.41. The lowest BCUT2D eigenvalue weighted by molar-refractivity contribution is -0.660. The zero-order valence-corrected chi connectivity index (χ0v) is 16.9. The van der Waals surface area contributed by atoms with Gasteiger partial charge in [-0.15, -0.1) is 0 Å². The van der Waals surface area contributed by atoms with Crippen LogP contribution in [0.15, 0.2) is 60.8 Å². The molecule has 1 heteroatoms. The van der Waals surface area contributed by atoms with Crippen LogP contribution >= 0.6 is 0 Å². The first-order valence-corrected chi connectivity index (χ1v) is 9.39. The molecule has 2 aromatic carbocycles. The van der Waals surface area contributed by atoms with Crippen LogP contribution in [0, 0.1) is 19.3 Å². The van der Waals surface area contributed by atoms with Gasteiger partial charge in [0.15, 0.2) is 6.20 Å². The van der Waals surface area contributed by atoms with E-state index in [-0.39, 0.29) is 5.41 Å². The quantitative estimate of drug-likeness (QED) is 0.509. The molecule has 0 spiro atoms. The van der Waals surface area contributed by atoms with Crippen LogP contribution in [-0.2, 0) is 13.5 Å². The molecule has 0 saturated heterocycles. The van der Waals surface area contributed by atoms with Gasteiger partial charge in [-0.2, -0.15) is 0 Å². The second kappa shape index (κ2) is 7.07. The molecule has 0 saturated carbocycles. The maximum Gasteiger partial charge on any atom is 0.212 e. The van der Waals surface area contributed by atoms with Gasteiger partial charge in [-0.25, -0.2) is 4.57 Å². The molecule has 0 N–H and O–H groups in total. The number of nitrogens with zero attached hydrogens (tertiary/aromatic N) is 1. The smallest absolute Gasteiger partial charge is 0.201 e. The summed E-state index contributed by atoms with van der Waals surface area (Å²) in [5.41, 5.74) is 9.41. The summed E-state index contributed by atoms with van der Waals surface area (Å²) in [5, 5.41) is 0. The molecule has 1 nitrogen and oxygen atoms in total. The van der Waals surface area contributed by atoms with Crippen LogP contribution < -0.4 is 4.57 Å². The van der Waals surface area contributed by atoms with E-state index in [1.54, 1.807) is 0 Å². The van der Waals surface area contributed by atoms with E-state index in [0.717, 1.165) is 6.42 Å². The highest BCUT2D eigenvalue weighted by Gasteiger charge is 2.17. The lowest BCUT2D eigenvalue weighted by atomic mass is 9.87. The van der Waals surface area contributed by atoms with E-state index in [0.29, 0.717) is 0 Å². The van der Waals surface area contributed by atoms with Crippen molar-refractivity contribution in [2.24, 2.45) is 12.5 Å². The fourth-order valence-corrected chi connectivity index (χ4v) is 3.43. The van der Waals surface area contributed by atoms with Crippen molar-refractivity contribution in [3.05, 3.63) is 77.5 Å². The predicted molar refractivity (Wildman–Crippen MR) is 111 cm³/mol. The number of aromatic nitrogens is 1. The normalized spacial score (nSPS) is 11.6. The lowest BCUT2D eigenvalue weighted by Gasteiger charge is -2.18. The minimum Gasteiger partial charge on any atom is -0.201 e. The summed E-state index contributed by atoms with van der Waals surface area (Å²) >= 11 is 0. The first-order chi connectivity index (χ1) is 12.2. The number of hydrogen-bond acceptors (Lipinski definition) is 0. The Balaban J connectivity index is 2.07. The molecule has 0 fully saturated rings.